The highest BCUT2D eigenvalue weighted by Crippen LogP contribution is 2.28. The molecule has 0 saturated heterocycles. The van der Waals surface area contributed by atoms with E-state index in [1.165, 1.54) is 30.6 Å². The molecular formula is C21H20FN3O3S. The van der Waals surface area contributed by atoms with Crippen LogP contribution in [0.15, 0.2) is 53.9 Å². The fourth-order valence-electron chi connectivity index (χ4n) is 2.61. The minimum atomic E-state index is -0.471. The molecule has 0 aliphatic rings. The van der Waals surface area contributed by atoms with Gasteiger partial charge in [0, 0.05) is 29.5 Å². The highest BCUT2D eigenvalue weighted by Gasteiger charge is 2.11. The molecule has 0 aliphatic heterocycles. The van der Waals surface area contributed by atoms with Crippen molar-refractivity contribution in [1.29, 1.82) is 0 Å². The number of amides is 2. The van der Waals surface area contributed by atoms with Gasteiger partial charge in [-0.2, -0.15) is 0 Å². The van der Waals surface area contributed by atoms with Crippen molar-refractivity contribution in [3.8, 4) is 17.0 Å². The number of anilines is 1. The molecule has 6 nitrogen and oxygen atoms in total. The second kappa shape index (κ2) is 9.79. The molecule has 0 atom stereocenters. The number of aromatic nitrogens is 1. The maximum Gasteiger partial charge on any atom is 0.251 e. The van der Waals surface area contributed by atoms with Crippen LogP contribution in [0.2, 0.25) is 0 Å². The van der Waals surface area contributed by atoms with Gasteiger partial charge in [0.25, 0.3) is 5.91 Å². The van der Waals surface area contributed by atoms with Gasteiger partial charge < -0.3 is 15.4 Å². The Hall–Kier alpha value is -3.26. The van der Waals surface area contributed by atoms with Crippen molar-refractivity contribution < 1.29 is 18.7 Å². The summed E-state index contributed by atoms with van der Waals surface area (Å²) in [6, 6.07) is 13.5. The van der Waals surface area contributed by atoms with E-state index in [9.17, 15) is 14.0 Å². The summed E-state index contributed by atoms with van der Waals surface area (Å²) >= 11 is 1.26. The molecule has 0 fully saturated rings. The van der Waals surface area contributed by atoms with E-state index in [4.69, 9.17) is 4.74 Å². The lowest BCUT2D eigenvalue weighted by molar-refractivity contribution is -0.116. The van der Waals surface area contributed by atoms with Crippen molar-refractivity contribution in [2.24, 2.45) is 0 Å². The molecule has 2 amide bonds. The molecule has 1 aromatic heterocycles. The predicted octanol–water partition coefficient (Wildman–Crippen LogP) is 4.11. The summed E-state index contributed by atoms with van der Waals surface area (Å²) in [5.41, 5.74) is 1.76. The summed E-state index contributed by atoms with van der Waals surface area (Å²) in [6.07, 6.45) is 0.757. The monoisotopic (exact) mass is 413 g/mol. The lowest BCUT2D eigenvalue weighted by atomic mass is 10.1. The number of halogens is 1. The van der Waals surface area contributed by atoms with Crippen LogP contribution in [0.4, 0.5) is 9.52 Å². The molecule has 0 bridgehead atoms. The van der Waals surface area contributed by atoms with Crippen LogP contribution in [0.5, 0.6) is 5.75 Å². The van der Waals surface area contributed by atoms with E-state index in [-0.39, 0.29) is 24.0 Å². The quantitative estimate of drug-likeness (QED) is 0.545. The third-order valence-corrected chi connectivity index (χ3v) is 4.86. The molecule has 3 aromatic rings. The van der Waals surface area contributed by atoms with E-state index in [0.717, 1.165) is 0 Å². The molecule has 2 aromatic carbocycles. The minimum absolute atomic E-state index is 0.164. The zero-order chi connectivity index (χ0) is 20.6. The first kappa shape index (κ1) is 20.5. The predicted molar refractivity (Wildman–Crippen MR) is 111 cm³/mol. The largest absolute Gasteiger partial charge is 0.494 e. The Labute approximate surface area is 171 Å². The van der Waals surface area contributed by atoms with Crippen LogP contribution >= 0.6 is 11.3 Å². The molecule has 0 spiro atoms. The maximum atomic E-state index is 13.8. The molecule has 0 aliphatic carbocycles. The van der Waals surface area contributed by atoms with Crippen molar-refractivity contribution in [2.45, 2.75) is 12.8 Å². The van der Waals surface area contributed by atoms with E-state index in [1.807, 2.05) is 6.07 Å². The number of nitrogens with one attached hydrogen (secondary N) is 2. The summed E-state index contributed by atoms with van der Waals surface area (Å²) in [4.78, 5) is 28.3. The first-order valence-electron chi connectivity index (χ1n) is 8.99. The number of carbonyl (C=O) groups excluding carboxylic acids is 2. The van der Waals surface area contributed by atoms with Crippen molar-refractivity contribution >= 4 is 28.3 Å². The number of methoxy groups -OCH3 is 1. The topological polar surface area (TPSA) is 80.3 Å². The summed E-state index contributed by atoms with van der Waals surface area (Å²) in [5.74, 6) is -0.666. The van der Waals surface area contributed by atoms with Gasteiger partial charge in [-0.15, -0.1) is 11.3 Å². The molecule has 0 radical (unpaired) electrons. The van der Waals surface area contributed by atoms with Gasteiger partial charge in [0.1, 0.15) is 0 Å². The number of hydrogen-bond donors (Lipinski definition) is 2. The van der Waals surface area contributed by atoms with Crippen LogP contribution in [0.3, 0.4) is 0 Å². The van der Waals surface area contributed by atoms with Crippen molar-refractivity contribution in [3.05, 3.63) is 65.3 Å². The SMILES string of the molecule is COc1ccc(-c2csc(NC(=O)CCCNC(=O)c3ccccc3)n2)cc1F. The zero-order valence-corrected chi connectivity index (χ0v) is 16.6. The molecule has 8 heteroatoms. The van der Waals surface area contributed by atoms with Gasteiger partial charge in [-0.05, 0) is 36.8 Å². The number of nitrogens with zero attached hydrogens (tertiary/aromatic N) is 1. The molecule has 150 valence electrons. The van der Waals surface area contributed by atoms with Crippen molar-refractivity contribution in [1.82, 2.24) is 10.3 Å². The molecule has 0 saturated carbocycles. The molecule has 2 N–H and O–H groups in total. The van der Waals surface area contributed by atoms with E-state index in [1.54, 1.807) is 35.7 Å². The zero-order valence-electron chi connectivity index (χ0n) is 15.8. The molecule has 29 heavy (non-hydrogen) atoms. The minimum Gasteiger partial charge on any atom is -0.494 e. The molecule has 1 heterocycles. The van der Waals surface area contributed by atoms with Crippen LogP contribution < -0.4 is 15.4 Å². The van der Waals surface area contributed by atoms with Crippen LogP contribution in [0.25, 0.3) is 11.3 Å². The third-order valence-electron chi connectivity index (χ3n) is 4.10. The average Bonchev–Trinajstić information content (AvgIpc) is 3.20. The Morgan fingerprint density at radius 3 is 2.69 bits per heavy atom. The first-order chi connectivity index (χ1) is 14.1. The Kier molecular flexibility index (Phi) is 6.91. The Balaban J connectivity index is 1.45. The van der Waals surface area contributed by atoms with Crippen LogP contribution in [-0.4, -0.2) is 30.5 Å². The second-order valence-electron chi connectivity index (χ2n) is 6.16. The Morgan fingerprint density at radius 1 is 1.17 bits per heavy atom. The van der Waals surface area contributed by atoms with E-state index in [2.05, 4.69) is 15.6 Å². The van der Waals surface area contributed by atoms with Crippen LogP contribution in [-0.2, 0) is 4.79 Å². The standard InChI is InChI=1S/C21H20FN3O3S/c1-28-18-10-9-15(12-16(18)22)17-13-29-21(24-17)25-19(26)8-5-11-23-20(27)14-6-3-2-4-7-14/h2-4,6-7,9-10,12-13H,5,8,11H2,1H3,(H,23,27)(H,24,25,26). The summed E-state index contributed by atoms with van der Waals surface area (Å²) < 4.78 is 18.7. The lowest BCUT2D eigenvalue weighted by Crippen LogP contribution is -2.25. The molecular weight excluding hydrogens is 393 g/mol. The van der Waals surface area contributed by atoms with Gasteiger partial charge in [-0.25, -0.2) is 9.37 Å². The fraction of sp³-hybridized carbons (Fsp3) is 0.190. The number of rotatable bonds is 8. The van der Waals surface area contributed by atoms with Crippen molar-refractivity contribution in [2.75, 3.05) is 19.0 Å². The van der Waals surface area contributed by atoms with Gasteiger partial charge >= 0.3 is 0 Å². The fourth-order valence-corrected chi connectivity index (χ4v) is 3.35. The third kappa shape index (κ3) is 5.61. The lowest BCUT2D eigenvalue weighted by Gasteiger charge is -2.05. The van der Waals surface area contributed by atoms with Gasteiger partial charge in [-0.3, -0.25) is 9.59 Å². The van der Waals surface area contributed by atoms with Gasteiger partial charge in [-0.1, -0.05) is 18.2 Å². The van der Waals surface area contributed by atoms with Crippen molar-refractivity contribution in [3.63, 3.8) is 0 Å². The summed E-state index contributed by atoms with van der Waals surface area (Å²) in [5, 5.41) is 7.69. The number of benzene rings is 2. The van der Waals surface area contributed by atoms with Gasteiger partial charge in [0.15, 0.2) is 16.7 Å². The maximum absolute atomic E-state index is 13.8. The number of hydrogen-bond acceptors (Lipinski definition) is 5. The number of ether oxygens (including phenoxy) is 1. The van der Waals surface area contributed by atoms with Gasteiger partial charge in [0.2, 0.25) is 5.91 Å². The Morgan fingerprint density at radius 2 is 1.97 bits per heavy atom. The van der Waals surface area contributed by atoms with E-state index in [0.29, 0.717) is 34.9 Å². The van der Waals surface area contributed by atoms with Crippen LogP contribution in [0.1, 0.15) is 23.2 Å². The summed E-state index contributed by atoms with van der Waals surface area (Å²) in [7, 11) is 1.40. The smallest absolute Gasteiger partial charge is 0.251 e. The summed E-state index contributed by atoms with van der Waals surface area (Å²) in [6.45, 7) is 0.398. The molecule has 0 unspecified atom stereocenters. The highest BCUT2D eigenvalue weighted by atomic mass is 32.1. The van der Waals surface area contributed by atoms with E-state index >= 15 is 0 Å². The first-order valence-corrected chi connectivity index (χ1v) is 9.87. The number of carbonyl (C=O) groups is 2. The van der Waals surface area contributed by atoms with Crippen LogP contribution in [0, 0.1) is 5.82 Å². The Bertz CT molecular complexity index is 992. The normalized spacial score (nSPS) is 10.4. The average molecular weight is 413 g/mol. The van der Waals surface area contributed by atoms with E-state index < -0.39 is 5.82 Å². The van der Waals surface area contributed by atoms with Gasteiger partial charge in [0.05, 0.1) is 12.8 Å². The second-order valence-corrected chi connectivity index (χ2v) is 7.02. The highest BCUT2D eigenvalue weighted by molar-refractivity contribution is 7.14. The molecule has 3 rings (SSSR count). The number of thiazole rings is 1.